The van der Waals surface area contributed by atoms with Gasteiger partial charge in [-0.2, -0.15) is 5.26 Å². The normalized spacial score (nSPS) is 13.9. The van der Waals surface area contributed by atoms with E-state index in [2.05, 4.69) is 10.1 Å². The fraction of sp³-hybridized carbons (Fsp3) is 0.312. The molecule has 1 aliphatic heterocycles. The van der Waals surface area contributed by atoms with Gasteiger partial charge in [-0.3, -0.25) is 4.79 Å². The number of amides is 1. The van der Waals surface area contributed by atoms with E-state index in [0.29, 0.717) is 5.56 Å². The van der Waals surface area contributed by atoms with Crippen molar-refractivity contribution in [2.24, 2.45) is 0 Å². The van der Waals surface area contributed by atoms with Crippen LogP contribution in [0.2, 0.25) is 0 Å². The SMILES string of the molecule is COC(=O)C1=C(Nc2ccc(CC#N)cc2F)C(=O)N(CCO)C1. The number of carbonyl (C=O) groups is 2. The van der Waals surface area contributed by atoms with Crippen LogP contribution in [-0.4, -0.2) is 48.7 Å². The Balaban J connectivity index is 2.32. The van der Waals surface area contributed by atoms with Crippen molar-refractivity contribution in [2.75, 3.05) is 32.1 Å². The van der Waals surface area contributed by atoms with Crippen LogP contribution in [0.1, 0.15) is 5.56 Å². The van der Waals surface area contributed by atoms with Crippen LogP contribution in [0.25, 0.3) is 0 Å². The van der Waals surface area contributed by atoms with Crippen LogP contribution >= 0.6 is 0 Å². The van der Waals surface area contributed by atoms with E-state index >= 15 is 0 Å². The molecule has 0 unspecified atom stereocenters. The highest BCUT2D eigenvalue weighted by atomic mass is 19.1. The van der Waals surface area contributed by atoms with Crippen LogP contribution in [0.5, 0.6) is 0 Å². The summed E-state index contributed by atoms with van der Waals surface area (Å²) in [7, 11) is 1.18. The second-order valence-electron chi connectivity index (χ2n) is 5.07. The summed E-state index contributed by atoms with van der Waals surface area (Å²) in [6, 6.07) is 6.06. The van der Waals surface area contributed by atoms with Crippen LogP contribution in [0, 0.1) is 17.1 Å². The largest absolute Gasteiger partial charge is 0.466 e. The van der Waals surface area contributed by atoms with Gasteiger partial charge in [0.05, 0.1) is 44.0 Å². The van der Waals surface area contributed by atoms with E-state index in [1.165, 1.54) is 24.1 Å². The number of carbonyl (C=O) groups excluding carboxylic acids is 2. The Morgan fingerprint density at radius 1 is 1.54 bits per heavy atom. The third-order valence-corrected chi connectivity index (χ3v) is 3.53. The number of nitrogens with zero attached hydrogens (tertiary/aromatic N) is 2. The number of esters is 1. The van der Waals surface area contributed by atoms with Crippen LogP contribution < -0.4 is 5.32 Å². The van der Waals surface area contributed by atoms with Gasteiger partial charge in [-0.05, 0) is 17.7 Å². The first-order chi connectivity index (χ1) is 11.5. The highest BCUT2D eigenvalue weighted by Gasteiger charge is 2.34. The molecular weight excluding hydrogens is 317 g/mol. The van der Waals surface area contributed by atoms with Crippen LogP contribution in [0.4, 0.5) is 10.1 Å². The predicted octanol–water partition coefficient (Wildman–Crippen LogP) is 0.565. The molecular formula is C16H16FN3O4. The van der Waals surface area contributed by atoms with Crippen molar-refractivity contribution in [2.45, 2.75) is 6.42 Å². The topological polar surface area (TPSA) is 103 Å². The van der Waals surface area contributed by atoms with Gasteiger partial charge < -0.3 is 20.1 Å². The zero-order valence-electron chi connectivity index (χ0n) is 13.0. The highest BCUT2D eigenvalue weighted by Crippen LogP contribution is 2.24. The van der Waals surface area contributed by atoms with Gasteiger partial charge in [-0.15, -0.1) is 0 Å². The maximum atomic E-state index is 14.1. The summed E-state index contributed by atoms with van der Waals surface area (Å²) in [5.41, 5.74) is 0.494. The monoisotopic (exact) mass is 333 g/mol. The first-order valence-electron chi connectivity index (χ1n) is 7.15. The first kappa shape index (κ1) is 17.4. The standard InChI is InChI=1S/C16H16FN3O4/c1-24-16(23)11-9-20(6-7-21)15(22)14(11)19-13-3-2-10(4-5-18)8-12(13)17/h2-3,8,19,21H,4,6-7,9H2,1H3. The second kappa shape index (κ2) is 7.57. The maximum absolute atomic E-state index is 14.1. The van der Waals surface area contributed by atoms with Gasteiger partial charge in [0, 0.05) is 6.54 Å². The Kier molecular flexibility index (Phi) is 5.50. The van der Waals surface area contributed by atoms with Crippen molar-refractivity contribution in [1.29, 1.82) is 5.26 Å². The van der Waals surface area contributed by atoms with E-state index in [1.54, 1.807) is 6.07 Å². The minimum absolute atomic E-state index is 0.00675. The minimum atomic E-state index is -0.701. The number of β-amino-alcohol motifs (C(OH)–C–C–N with tert-alkyl or cyclic N) is 1. The number of rotatable bonds is 6. The molecule has 0 aliphatic carbocycles. The number of nitriles is 1. The molecule has 0 aromatic heterocycles. The molecule has 0 saturated heterocycles. The summed E-state index contributed by atoms with van der Waals surface area (Å²) >= 11 is 0. The van der Waals surface area contributed by atoms with Gasteiger partial charge in [0.1, 0.15) is 11.5 Å². The molecule has 2 rings (SSSR count). The number of halogens is 1. The molecule has 2 N–H and O–H groups in total. The lowest BCUT2D eigenvalue weighted by Gasteiger charge is -2.15. The number of hydrogen-bond donors (Lipinski definition) is 2. The van der Waals surface area contributed by atoms with Gasteiger partial charge in [0.25, 0.3) is 5.91 Å². The predicted molar refractivity (Wildman–Crippen MR) is 82.0 cm³/mol. The van der Waals surface area contributed by atoms with E-state index in [9.17, 15) is 14.0 Å². The number of hydrogen-bond acceptors (Lipinski definition) is 6. The second-order valence-corrected chi connectivity index (χ2v) is 5.07. The van der Waals surface area contributed by atoms with Gasteiger partial charge in [0.15, 0.2) is 0 Å². The Morgan fingerprint density at radius 2 is 2.29 bits per heavy atom. The van der Waals surface area contributed by atoms with Crippen molar-refractivity contribution < 1.29 is 23.8 Å². The maximum Gasteiger partial charge on any atom is 0.337 e. The smallest absolute Gasteiger partial charge is 0.337 e. The average Bonchev–Trinajstić information content (AvgIpc) is 2.87. The molecule has 126 valence electrons. The fourth-order valence-electron chi connectivity index (χ4n) is 2.34. The molecule has 0 bridgehead atoms. The summed E-state index contributed by atoms with van der Waals surface area (Å²) < 4.78 is 18.8. The number of benzene rings is 1. The quantitative estimate of drug-likeness (QED) is 0.738. The molecule has 0 fully saturated rings. The Hall–Kier alpha value is -2.92. The van der Waals surface area contributed by atoms with Crippen LogP contribution in [-0.2, 0) is 20.7 Å². The molecule has 7 nitrogen and oxygen atoms in total. The lowest BCUT2D eigenvalue weighted by molar-refractivity contribution is -0.136. The molecule has 8 heteroatoms. The molecule has 1 aromatic rings. The molecule has 0 saturated carbocycles. The first-order valence-corrected chi connectivity index (χ1v) is 7.15. The third-order valence-electron chi connectivity index (χ3n) is 3.53. The average molecular weight is 333 g/mol. The molecule has 0 spiro atoms. The molecule has 1 amide bonds. The minimum Gasteiger partial charge on any atom is -0.466 e. The van der Waals surface area contributed by atoms with Crippen molar-refractivity contribution in [3.63, 3.8) is 0 Å². The Bertz CT molecular complexity index is 739. The molecule has 24 heavy (non-hydrogen) atoms. The molecule has 1 heterocycles. The van der Waals surface area contributed by atoms with Crippen LogP contribution in [0.15, 0.2) is 29.5 Å². The summed E-state index contributed by atoms with van der Waals surface area (Å²) in [4.78, 5) is 25.4. The number of aliphatic hydroxyl groups excluding tert-OH is 1. The van der Waals surface area contributed by atoms with E-state index in [4.69, 9.17) is 10.4 Å². The van der Waals surface area contributed by atoms with Gasteiger partial charge >= 0.3 is 5.97 Å². The Morgan fingerprint density at radius 3 is 2.88 bits per heavy atom. The summed E-state index contributed by atoms with van der Waals surface area (Å²) in [6.45, 7) is -0.235. The lowest BCUT2D eigenvalue weighted by atomic mass is 10.1. The molecule has 1 aliphatic rings. The van der Waals surface area contributed by atoms with Crippen molar-refractivity contribution in [3.05, 3.63) is 40.8 Å². The number of nitrogens with one attached hydrogen (secondary N) is 1. The van der Waals surface area contributed by atoms with Crippen molar-refractivity contribution in [3.8, 4) is 6.07 Å². The lowest BCUT2D eigenvalue weighted by Crippen LogP contribution is -2.31. The fourth-order valence-corrected chi connectivity index (χ4v) is 2.34. The Labute approximate surface area is 137 Å². The van der Waals surface area contributed by atoms with Crippen molar-refractivity contribution >= 4 is 17.6 Å². The number of ether oxygens (including phenoxy) is 1. The highest BCUT2D eigenvalue weighted by molar-refractivity contribution is 6.08. The summed E-state index contributed by atoms with van der Waals surface area (Å²) in [5, 5.41) is 20.3. The summed E-state index contributed by atoms with van der Waals surface area (Å²) in [5.74, 6) is -1.87. The molecule has 0 atom stereocenters. The zero-order chi connectivity index (χ0) is 17.7. The van der Waals surface area contributed by atoms with E-state index in [-0.39, 0.29) is 43.1 Å². The third kappa shape index (κ3) is 3.52. The van der Waals surface area contributed by atoms with Crippen LogP contribution in [0.3, 0.4) is 0 Å². The summed E-state index contributed by atoms with van der Waals surface area (Å²) in [6.07, 6.45) is 0.0660. The zero-order valence-corrected chi connectivity index (χ0v) is 13.0. The number of aliphatic hydroxyl groups is 1. The number of methoxy groups -OCH3 is 1. The van der Waals surface area contributed by atoms with Gasteiger partial charge in [-0.1, -0.05) is 6.07 Å². The molecule has 0 radical (unpaired) electrons. The van der Waals surface area contributed by atoms with Gasteiger partial charge in [0.2, 0.25) is 0 Å². The van der Waals surface area contributed by atoms with Crippen molar-refractivity contribution in [1.82, 2.24) is 4.90 Å². The van der Waals surface area contributed by atoms with E-state index in [0.717, 1.165) is 0 Å². The molecule has 1 aromatic carbocycles. The number of anilines is 1. The van der Waals surface area contributed by atoms with E-state index < -0.39 is 17.7 Å². The van der Waals surface area contributed by atoms with Gasteiger partial charge in [-0.25, -0.2) is 9.18 Å². The van der Waals surface area contributed by atoms with E-state index in [1.807, 2.05) is 6.07 Å².